The lowest BCUT2D eigenvalue weighted by Crippen LogP contribution is -2.35. The summed E-state index contributed by atoms with van der Waals surface area (Å²) >= 11 is 6.24. The second-order valence-corrected chi connectivity index (χ2v) is 10.6. The van der Waals surface area contributed by atoms with Crippen molar-refractivity contribution < 1.29 is 39.9 Å². The molecule has 0 fully saturated rings. The van der Waals surface area contributed by atoms with E-state index in [4.69, 9.17) is 11.6 Å². The fourth-order valence-corrected chi connectivity index (χ4v) is 5.27. The molecule has 37 heavy (non-hydrogen) atoms. The third-order valence-corrected chi connectivity index (χ3v) is 7.34. The monoisotopic (exact) mass is 561 g/mol. The number of nitrogens with one attached hydrogen (secondary N) is 1. The molecule has 2 heterocycles. The number of pyridine rings is 1. The predicted molar refractivity (Wildman–Crippen MR) is 124 cm³/mol. The summed E-state index contributed by atoms with van der Waals surface area (Å²) < 4.78 is 97.4. The fourth-order valence-electron chi connectivity index (χ4n) is 3.89. The minimum absolute atomic E-state index is 0.0367. The molecule has 1 amide bonds. The van der Waals surface area contributed by atoms with Gasteiger partial charge in [0.25, 0.3) is 10.0 Å². The van der Waals surface area contributed by atoms with E-state index in [0.29, 0.717) is 0 Å². The second kappa shape index (κ2) is 9.14. The Bertz CT molecular complexity index is 1510. The van der Waals surface area contributed by atoms with Crippen molar-refractivity contribution in [1.29, 1.82) is 0 Å². The molecular formula is C23H17ClF5N3O4S. The van der Waals surface area contributed by atoms with Crippen LogP contribution in [0.5, 0.6) is 5.75 Å². The lowest BCUT2D eigenvalue weighted by Gasteiger charge is -2.21. The summed E-state index contributed by atoms with van der Waals surface area (Å²) in [6.45, 7) is 2.72. The van der Waals surface area contributed by atoms with Crippen LogP contribution in [-0.2, 0) is 26.8 Å². The maximum absolute atomic E-state index is 14.9. The topological polar surface area (TPSA) is 88.6 Å². The molecule has 1 aliphatic heterocycles. The predicted octanol–water partition coefficient (Wildman–Crippen LogP) is 5.54. The maximum atomic E-state index is 14.9. The number of aromatic nitrogens is 1. The Kier molecular flexibility index (Phi) is 6.57. The summed E-state index contributed by atoms with van der Waals surface area (Å²) in [5, 5.41) is -0.204. The first-order valence-electron chi connectivity index (χ1n) is 10.4. The molecule has 0 saturated heterocycles. The van der Waals surface area contributed by atoms with Gasteiger partial charge in [0.15, 0.2) is 0 Å². The molecule has 0 bridgehead atoms. The van der Waals surface area contributed by atoms with Crippen molar-refractivity contribution in [3.8, 4) is 5.75 Å². The highest BCUT2D eigenvalue weighted by atomic mass is 35.5. The molecule has 196 valence electrons. The van der Waals surface area contributed by atoms with Crippen molar-refractivity contribution in [1.82, 2.24) is 4.98 Å². The Labute approximate surface area is 212 Å². The van der Waals surface area contributed by atoms with Crippen molar-refractivity contribution >= 4 is 39.0 Å². The van der Waals surface area contributed by atoms with Crippen molar-refractivity contribution in [2.75, 3.05) is 9.62 Å². The molecule has 1 N–H and O–H groups in total. The number of carbonyl (C=O) groups excluding carboxylic acids is 1. The van der Waals surface area contributed by atoms with Gasteiger partial charge < -0.3 is 9.64 Å². The van der Waals surface area contributed by atoms with E-state index in [2.05, 4.69) is 9.72 Å². The van der Waals surface area contributed by atoms with Gasteiger partial charge in [0.05, 0.1) is 12.0 Å². The van der Waals surface area contributed by atoms with Gasteiger partial charge in [-0.1, -0.05) is 17.7 Å². The van der Waals surface area contributed by atoms with Crippen molar-refractivity contribution in [3.05, 3.63) is 76.4 Å². The van der Waals surface area contributed by atoms with Gasteiger partial charge in [-0.15, -0.1) is 13.2 Å². The van der Waals surface area contributed by atoms with Crippen LogP contribution in [0.15, 0.2) is 53.4 Å². The van der Waals surface area contributed by atoms with E-state index in [1.165, 1.54) is 30.9 Å². The normalized spacial score (nSPS) is 15.0. The van der Waals surface area contributed by atoms with E-state index in [9.17, 15) is 35.2 Å². The molecule has 0 atom stereocenters. The Hall–Kier alpha value is -3.45. The number of alkyl halides is 3. The van der Waals surface area contributed by atoms with Gasteiger partial charge in [-0.05, 0) is 67.4 Å². The Morgan fingerprint density at radius 1 is 1.11 bits per heavy atom. The number of ether oxygens (including phenoxy) is 1. The van der Waals surface area contributed by atoms with Gasteiger partial charge in [0.2, 0.25) is 11.9 Å². The highest BCUT2D eigenvalue weighted by Crippen LogP contribution is 2.45. The molecule has 7 nitrogen and oxygen atoms in total. The molecular weight excluding hydrogens is 545 g/mol. The molecule has 0 aliphatic carbocycles. The van der Waals surface area contributed by atoms with Crippen LogP contribution in [-0.4, -0.2) is 25.7 Å². The largest absolute Gasteiger partial charge is 0.573 e. The number of benzene rings is 2. The van der Waals surface area contributed by atoms with Crippen LogP contribution in [0, 0.1) is 11.8 Å². The molecule has 0 radical (unpaired) electrons. The third-order valence-electron chi connectivity index (χ3n) is 5.62. The summed E-state index contributed by atoms with van der Waals surface area (Å²) in [4.78, 5) is 16.9. The van der Waals surface area contributed by atoms with Gasteiger partial charge in [-0.3, -0.25) is 9.52 Å². The molecule has 2 aromatic carbocycles. The third kappa shape index (κ3) is 5.32. The van der Waals surface area contributed by atoms with Crippen LogP contribution in [0.25, 0.3) is 0 Å². The van der Waals surface area contributed by atoms with Gasteiger partial charge in [0.1, 0.15) is 22.3 Å². The lowest BCUT2D eigenvalue weighted by atomic mass is 9.86. The average molecular weight is 562 g/mol. The summed E-state index contributed by atoms with van der Waals surface area (Å²) in [5.74, 6) is -3.55. The number of rotatable bonds is 6. The zero-order chi connectivity index (χ0) is 27.3. The Morgan fingerprint density at radius 3 is 2.46 bits per heavy atom. The number of nitrogens with zero attached hydrogens (tertiary/aromatic N) is 2. The number of carbonyl (C=O) groups is 1. The average Bonchev–Trinajstić information content (AvgIpc) is 2.95. The van der Waals surface area contributed by atoms with Gasteiger partial charge in [-0.25, -0.2) is 17.8 Å². The highest BCUT2D eigenvalue weighted by Gasteiger charge is 2.45. The highest BCUT2D eigenvalue weighted by molar-refractivity contribution is 7.92. The molecule has 4 rings (SSSR count). The van der Waals surface area contributed by atoms with Crippen LogP contribution in [0.3, 0.4) is 0 Å². The van der Waals surface area contributed by atoms with Crippen LogP contribution in [0.4, 0.5) is 33.5 Å². The van der Waals surface area contributed by atoms with Crippen molar-refractivity contribution in [3.63, 3.8) is 0 Å². The summed E-state index contributed by atoms with van der Waals surface area (Å²) in [5.41, 5.74) is -0.691. The number of sulfonamides is 1. The number of fused-ring (bicyclic) bond motifs is 1. The molecule has 1 aliphatic rings. The lowest BCUT2D eigenvalue weighted by molar-refractivity contribution is -0.274. The Morgan fingerprint density at radius 2 is 1.81 bits per heavy atom. The van der Waals surface area contributed by atoms with E-state index in [1.54, 1.807) is 0 Å². The maximum Gasteiger partial charge on any atom is 0.573 e. The summed E-state index contributed by atoms with van der Waals surface area (Å²) in [6, 6.07) is 8.43. The van der Waals surface area contributed by atoms with E-state index in [0.717, 1.165) is 36.4 Å². The van der Waals surface area contributed by atoms with Crippen LogP contribution in [0.2, 0.25) is 5.02 Å². The minimum atomic E-state index is -4.92. The van der Waals surface area contributed by atoms with Crippen LogP contribution < -0.4 is 14.4 Å². The van der Waals surface area contributed by atoms with E-state index >= 15 is 0 Å². The number of amides is 1. The van der Waals surface area contributed by atoms with E-state index in [-0.39, 0.29) is 34.2 Å². The minimum Gasteiger partial charge on any atom is -0.406 e. The molecule has 1 aromatic heterocycles. The quantitative estimate of drug-likeness (QED) is 0.315. The van der Waals surface area contributed by atoms with Crippen molar-refractivity contribution in [2.24, 2.45) is 0 Å². The SMILES string of the molecule is CC1(C)C(=O)N(Cc2cc(F)c(S(=O)(=O)Nc3cccc(F)n3)cc2Cl)c2ccc(OC(F)(F)F)cc21. The van der Waals surface area contributed by atoms with Crippen molar-refractivity contribution in [2.45, 2.75) is 37.1 Å². The fraction of sp³-hybridized carbons (Fsp3) is 0.217. The van der Waals surface area contributed by atoms with Crippen LogP contribution in [0.1, 0.15) is 25.0 Å². The summed E-state index contributed by atoms with van der Waals surface area (Å²) in [7, 11) is -4.55. The summed E-state index contributed by atoms with van der Waals surface area (Å²) in [6.07, 6.45) is -4.92. The molecule has 3 aromatic rings. The zero-order valence-electron chi connectivity index (χ0n) is 19.0. The number of hydrogen-bond acceptors (Lipinski definition) is 5. The molecule has 0 spiro atoms. The first kappa shape index (κ1) is 26.6. The second-order valence-electron chi connectivity index (χ2n) is 8.57. The molecule has 14 heteroatoms. The van der Waals surface area contributed by atoms with Gasteiger partial charge in [-0.2, -0.15) is 4.39 Å². The smallest absolute Gasteiger partial charge is 0.406 e. The van der Waals surface area contributed by atoms with E-state index < -0.39 is 50.1 Å². The number of hydrogen-bond donors (Lipinski definition) is 1. The molecule has 0 unspecified atom stereocenters. The Balaban J connectivity index is 1.65. The first-order valence-corrected chi connectivity index (χ1v) is 12.3. The standard InChI is InChI=1S/C23H17ClF5N3O4S/c1-22(2)14-9-13(36-23(27,28)29)6-7-17(14)32(21(22)33)11-12-8-16(25)18(10-15(12)24)37(34,35)31-20-5-3-4-19(26)30-20/h3-10H,11H2,1-2H3,(H,30,31). The zero-order valence-corrected chi connectivity index (χ0v) is 20.6. The van der Waals surface area contributed by atoms with E-state index in [1.807, 2.05) is 4.72 Å². The van der Waals surface area contributed by atoms with Crippen LogP contribution >= 0.6 is 11.6 Å². The number of halogens is 6. The first-order chi connectivity index (χ1) is 17.1. The number of anilines is 2. The molecule has 0 saturated carbocycles. The van der Waals surface area contributed by atoms with Gasteiger partial charge in [0, 0.05) is 10.7 Å². The van der Waals surface area contributed by atoms with Gasteiger partial charge >= 0.3 is 6.36 Å².